The summed E-state index contributed by atoms with van der Waals surface area (Å²) in [6.45, 7) is 6.19. The van der Waals surface area contributed by atoms with Gasteiger partial charge in [0.2, 0.25) is 5.95 Å². The largest absolute Gasteiger partial charge is 0.324 e. The maximum absolute atomic E-state index is 4.47. The minimum Gasteiger partial charge on any atom is -0.324 e. The van der Waals surface area contributed by atoms with E-state index in [1.165, 1.54) is 31.2 Å². The average molecular weight is 339 g/mol. The van der Waals surface area contributed by atoms with Crippen molar-refractivity contribution in [1.29, 1.82) is 0 Å². The topological polar surface area (TPSA) is 62.2 Å². The van der Waals surface area contributed by atoms with E-state index in [2.05, 4.69) is 56.8 Å². The van der Waals surface area contributed by atoms with Crippen LogP contribution in [0.4, 0.5) is 11.6 Å². The first kappa shape index (κ1) is 19.1. The maximum atomic E-state index is 4.47. The van der Waals surface area contributed by atoms with Gasteiger partial charge in [-0.05, 0) is 37.6 Å². The van der Waals surface area contributed by atoms with Gasteiger partial charge in [0, 0.05) is 37.3 Å². The van der Waals surface area contributed by atoms with Gasteiger partial charge in [-0.2, -0.15) is 0 Å². The Morgan fingerprint density at radius 2 is 1.92 bits per heavy atom. The van der Waals surface area contributed by atoms with Crippen LogP contribution in [0.25, 0.3) is 0 Å². The molecule has 1 aromatic carbocycles. The monoisotopic (exact) mass is 339 g/mol. The first-order valence-corrected chi connectivity index (χ1v) is 9.05. The molecule has 0 aliphatic heterocycles. The Hall–Kier alpha value is -2.27. The van der Waals surface area contributed by atoms with Crippen LogP contribution >= 0.6 is 0 Å². The van der Waals surface area contributed by atoms with Crippen molar-refractivity contribution < 1.29 is 0 Å². The third kappa shape index (κ3) is 6.63. The lowest BCUT2D eigenvalue weighted by atomic mass is 10.2. The lowest BCUT2D eigenvalue weighted by Gasteiger charge is -2.08. The van der Waals surface area contributed by atoms with Gasteiger partial charge in [0.05, 0.1) is 5.69 Å². The fraction of sp³-hybridized carbons (Fsp3) is 0.450. The zero-order chi connectivity index (χ0) is 17.9. The van der Waals surface area contributed by atoms with Crippen molar-refractivity contribution in [3.63, 3.8) is 0 Å². The van der Waals surface area contributed by atoms with Gasteiger partial charge in [-0.25, -0.2) is 9.97 Å². The summed E-state index contributed by atoms with van der Waals surface area (Å²) >= 11 is 0. The summed E-state index contributed by atoms with van der Waals surface area (Å²) < 4.78 is 0. The number of anilines is 2. The lowest BCUT2D eigenvalue weighted by molar-refractivity contribution is 0.598. The smallest absolute Gasteiger partial charge is 0.227 e. The first-order valence-electron chi connectivity index (χ1n) is 9.05. The quantitative estimate of drug-likeness (QED) is 0.502. The molecule has 0 radical (unpaired) electrons. The van der Waals surface area contributed by atoms with Crippen molar-refractivity contribution >= 4 is 17.9 Å². The molecule has 0 aliphatic rings. The van der Waals surface area contributed by atoms with E-state index in [-0.39, 0.29) is 0 Å². The molecule has 0 atom stereocenters. The van der Waals surface area contributed by atoms with E-state index in [4.69, 9.17) is 0 Å². The first-order chi connectivity index (χ1) is 12.2. The molecular weight excluding hydrogens is 310 g/mol. The van der Waals surface area contributed by atoms with Crippen LogP contribution in [0, 0.1) is 6.92 Å². The molecule has 0 bridgehead atoms. The van der Waals surface area contributed by atoms with Crippen molar-refractivity contribution in [3.8, 4) is 0 Å². The number of aliphatic imine (C=N–C) groups is 1. The van der Waals surface area contributed by atoms with Gasteiger partial charge < -0.3 is 10.6 Å². The molecule has 0 unspecified atom stereocenters. The minimum absolute atomic E-state index is 0.604. The number of rotatable bonds is 10. The SMILES string of the molecule is CCCCCCNCc1ccc(Nc2ncc(C=NC)c(C)n2)cc1. The number of benzene rings is 1. The second-order valence-electron chi connectivity index (χ2n) is 6.18. The Morgan fingerprint density at radius 3 is 2.60 bits per heavy atom. The molecule has 1 aromatic heterocycles. The Kier molecular flexibility index (Phi) is 8.05. The van der Waals surface area contributed by atoms with Crippen LogP contribution in [0.5, 0.6) is 0 Å². The molecule has 0 fully saturated rings. The maximum Gasteiger partial charge on any atom is 0.227 e. The minimum atomic E-state index is 0.604. The molecule has 2 aromatic rings. The second kappa shape index (κ2) is 10.6. The van der Waals surface area contributed by atoms with E-state index < -0.39 is 0 Å². The number of nitrogens with zero attached hydrogens (tertiary/aromatic N) is 3. The average Bonchev–Trinajstić information content (AvgIpc) is 2.62. The van der Waals surface area contributed by atoms with Crippen LogP contribution in [-0.2, 0) is 6.54 Å². The highest BCUT2D eigenvalue weighted by molar-refractivity contribution is 5.80. The van der Waals surface area contributed by atoms with E-state index in [1.54, 1.807) is 19.5 Å². The van der Waals surface area contributed by atoms with Gasteiger partial charge in [-0.1, -0.05) is 38.3 Å². The van der Waals surface area contributed by atoms with Crippen LogP contribution in [0.2, 0.25) is 0 Å². The summed E-state index contributed by atoms with van der Waals surface area (Å²) in [6.07, 6.45) is 8.73. The van der Waals surface area contributed by atoms with Crippen LogP contribution in [0.3, 0.4) is 0 Å². The fourth-order valence-corrected chi connectivity index (χ4v) is 2.55. The highest BCUT2D eigenvalue weighted by Crippen LogP contribution is 2.15. The van der Waals surface area contributed by atoms with E-state index >= 15 is 0 Å². The van der Waals surface area contributed by atoms with Crippen molar-refractivity contribution in [2.75, 3.05) is 18.9 Å². The van der Waals surface area contributed by atoms with Crippen molar-refractivity contribution in [3.05, 3.63) is 47.3 Å². The van der Waals surface area contributed by atoms with Gasteiger partial charge in [0.25, 0.3) is 0 Å². The van der Waals surface area contributed by atoms with Gasteiger partial charge in [-0.3, -0.25) is 4.99 Å². The summed E-state index contributed by atoms with van der Waals surface area (Å²) in [5.74, 6) is 0.604. The number of hydrogen-bond acceptors (Lipinski definition) is 5. The van der Waals surface area contributed by atoms with Crippen molar-refractivity contribution in [2.45, 2.75) is 46.1 Å². The van der Waals surface area contributed by atoms with E-state index in [0.29, 0.717) is 5.95 Å². The molecule has 25 heavy (non-hydrogen) atoms. The number of unbranched alkanes of at least 4 members (excludes halogenated alkanes) is 3. The fourth-order valence-electron chi connectivity index (χ4n) is 2.55. The molecule has 1 heterocycles. The molecule has 134 valence electrons. The molecule has 2 N–H and O–H groups in total. The summed E-state index contributed by atoms with van der Waals surface area (Å²) in [7, 11) is 1.74. The van der Waals surface area contributed by atoms with Gasteiger partial charge in [-0.15, -0.1) is 0 Å². The summed E-state index contributed by atoms with van der Waals surface area (Å²) in [4.78, 5) is 12.8. The third-order valence-corrected chi connectivity index (χ3v) is 4.03. The summed E-state index contributed by atoms with van der Waals surface area (Å²) in [6, 6.07) is 8.39. The molecule has 0 aliphatic carbocycles. The Morgan fingerprint density at radius 1 is 1.12 bits per heavy atom. The normalized spacial score (nSPS) is 11.2. The van der Waals surface area contributed by atoms with Gasteiger partial charge in [0.15, 0.2) is 0 Å². The predicted molar refractivity (Wildman–Crippen MR) is 106 cm³/mol. The Balaban J connectivity index is 1.83. The Labute approximate surface area is 151 Å². The molecule has 5 nitrogen and oxygen atoms in total. The molecular formula is C20H29N5. The van der Waals surface area contributed by atoms with E-state index in [9.17, 15) is 0 Å². The van der Waals surface area contributed by atoms with Crippen molar-refractivity contribution in [2.24, 2.45) is 4.99 Å². The zero-order valence-electron chi connectivity index (χ0n) is 15.5. The number of hydrogen-bond donors (Lipinski definition) is 2. The third-order valence-electron chi connectivity index (χ3n) is 4.03. The van der Waals surface area contributed by atoms with Crippen molar-refractivity contribution in [1.82, 2.24) is 15.3 Å². The van der Waals surface area contributed by atoms with E-state index in [1.807, 2.05) is 6.92 Å². The standard InChI is InChI=1S/C20H29N5/c1-4-5-6-7-12-22-13-17-8-10-19(11-9-17)25-20-23-15-18(14-21-3)16(2)24-20/h8-11,14-15,22H,4-7,12-13H2,1-3H3,(H,23,24,25). The van der Waals surface area contributed by atoms with Gasteiger partial charge >= 0.3 is 0 Å². The number of nitrogens with one attached hydrogen (secondary N) is 2. The summed E-state index contributed by atoms with van der Waals surface area (Å²) in [5.41, 5.74) is 4.12. The zero-order valence-corrected chi connectivity index (χ0v) is 15.5. The molecule has 5 heteroatoms. The second-order valence-corrected chi connectivity index (χ2v) is 6.18. The highest BCUT2D eigenvalue weighted by Gasteiger charge is 2.02. The van der Waals surface area contributed by atoms with Crippen LogP contribution in [0.1, 0.15) is 49.4 Å². The number of aryl methyl sites for hydroxylation is 1. The van der Waals surface area contributed by atoms with Crippen LogP contribution in [-0.4, -0.2) is 29.8 Å². The molecule has 0 saturated carbocycles. The van der Waals surface area contributed by atoms with Crippen LogP contribution < -0.4 is 10.6 Å². The van der Waals surface area contributed by atoms with Crippen LogP contribution in [0.15, 0.2) is 35.5 Å². The lowest BCUT2D eigenvalue weighted by Crippen LogP contribution is -2.14. The Bertz CT molecular complexity index is 664. The predicted octanol–water partition coefficient (Wildman–Crippen LogP) is 4.25. The molecule has 0 amide bonds. The molecule has 0 spiro atoms. The van der Waals surface area contributed by atoms with E-state index in [0.717, 1.165) is 30.0 Å². The molecule has 2 rings (SSSR count). The summed E-state index contributed by atoms with van der Waals surface area (Å²) in [5, 5.41) is 6.74. The van der Waals surface area contributed by atoms with Gasteiger partial charge in [0.1, 0.15) is 0 Å². The number of aromatic nitrogens is 2. The highest BCUT2D eigenvalue weighted by atomic mass is 15.1. The molecule has 0 saturated heterocycles.